The molecule has 1 aliphatic heterocycles. The first-order valence-corrected chi connectivity index (χ1v) is 8.15. The predicted molar refractivity (Wildman–Crippen MR) is 92.8 cm³/mol. The molecular formula is C18H19N5O. The van der Waals surface area contributed by atoms with Crippen molar-refractivity contribution in [2.24, 2.45) is 0 Å². The molecule has 0 unspecified atom stereocenters. The van der Waals surface area contributed by atoms with Crippen molar-refractivity contribution < 1.29 is 4.79 Å². The average molecular weight is 321 g/mol. The number of benzene rings is 1. The molecule has 122 valence electrons. The van der Waals surface area contributed by atoms with Crippen molar-refractivity contribution in [3.8, 4) is 0 Å². The third-order valence-corrected chi connectivity index (χ3v) is 4.44. The summed E-state index contributed by atoms with van der Waals surface area (Å²) in [5.41, 5.74) is 2.12. The maximum absolute atomic E-state index is 12.6. The summed E-state index contributed by atoms with van der Waals surface area (Å²) in [4.78, 5) is 28.3. The van der Waals surface area contributed by atoms with E-state index in [9.17, 15) is 4.79 Å². The zero-order valence-electron chi connectivity index (χ0n) is 13.4. The monoisotopic (exact) mass is 321 g/mol. The van der Waals surface area contributed by atoms with Gasteiger partial charge in [0.1, 0.15) is 0 Å². The van der Waals surface area contributed by atoms with Gasteiger partial charge in [-0.15, -0.1) is 0 Å². The summed E-state index contributed by atoms with van der Waals surface area (Å²) >= 11 is 0. The van der Waals surface area contributed by atoms with Gasteiger partial charge in [-0.05, 0) is 29.1 Å². The first-order chi connectivity index (χ1) is 11.8. The highest BCUT2D eigenvalue weighted by Gasteiger charge is 2.22. The smallest absolute Gasteiger partial charge is 0.227 e. The Hall–Kier alpha value is -2.89. The van der Waals surface area contributed by atoms with Crippen molar-refractivity contribution in [1.82, 2.24) is 19.9 Å². The summed E-state index contributed by atoms with van der Waals surface area (Å²) in [5.74, 6) is 0.913. The molecule has 6 nitrogen and oxygen atoms in total. The first kappa shape index (κ1) is 14.7. The van der Waals surface area contributed by atoms with Crippen LogP contribution in [0, 0.1) is 0 Å². The van der Waals surface area contributed by atoms with Gasteiger partial charge in [0, 0.05) is 50.3 Å². The van der Waals surface area contributed by atoms with Gasteiger partial charge in [-0.25, -0.2) is 9.97 Å². The number of amides is 1. The number of piperazine rings is 1. The molecule has 24 heavy (non-hydrogen) atoms. The minimum absolute atomic E-state index is 0.175. The van der Waals surface area contributed by atoms with Crippen LogP contribution in [0.15, 0.2) is 48.9 Å². The van der Waals surface area contributed by atoms with Gasteiger partial charge in [-0.2, -0.15) is 0 Å². The molecule has 0 radical (unpaired) electrons. The first-order valence-electron chi connectivity index (χ1n) is 8.15. The molecule has 1 amide bonds. The Morgan fingerprint density at radius 1 is 1.08 bits per heavy atom. The Bertz CT molecular complexity index is 837. The summed E-state index contributed by atoms with van der Waals surface area (Å²) in [6.45, 7) is 2.96. The molecule has 1 aliphatic rings. The molecule has 1 fully saturated rings. The Kier molecular flexibility index (Phi) is 3.86. The number of nitrogens with one attached hydrogen (secondary N) is 1. The van der Waals surface area contributed by atoms with E-state index in [1.54, 1.807) is 12.4 Å². The number of carbonyl (C=O) groups excluding carboxylic acids is 1. The van der Waals surface area contributed by atoms with E-state index in [-0.39, 0.29) is 5.91 Å². The van der Waals surface area contributed by atoms with E-state index >= 15 is 0 Å². The van der Waals surface area contributed by atoms with Crippen LogP contribution in [0.25, 0.3) is 10.9 Å². The molecule has 2 aromatic heterocycles. The van der Waals surface area contributed by atoms with Crippen LogP contribution in [-0.4, -0.2) is 51.9 Å². The minimum atomic E-state index is 0.175. The van der Waals surface area contributed by atoms with E-state index < -0.39 is 0 Å². The van der Waals surface area contributed by atoms with E-state index in [0.717, 1.165) is 30.1 Å². The van der Waals surface area contributed by atoms with E-state index in [0.29, 0.717) is 19.5 Å². The fraction of sp³-hybridized carbons (Fsp3) is 0.278. The van der Waals surface area contributed by atoms with Crippen LogP contribution >= 0.6 is 0 Å². The lowest BCUT2D eigenvalue weighted by atomic mass is 10.1. The number of aromatic nitrogens is 3. The van der Waals surface area contributed by atoms with Crippen molar-refractivity contribution in [2.75, 3.05) is 31.1 Å². The Labute approximate surface area is 140 Å². The highest BCUT2D eigenvalue weighted by molar-refractivity contribution is 5.83. The molecule has 1 aromatic carbocycles. The van der Waals surface area contributed by atoms with E-state index in [4.69, 9.17) is 0 Å². The molecule has 3 aromatic rings. The molecule has 0 saturated carbocycles. The zero-order valence-corrected chi connectivity index (χ0v) is 13.4. The molecular weight excluding hydrogens is 302 g/mol. The van der Waals surface area contributed by atoms with Gasteiger partial charge in [0.2, 0.25) is 11.9 Å². The highest BCUT2D eigenvalue weighted by atomic mass is 16.2. The largest absolute Gasteiger partial charge is 0.361 e. The van der Waals surface area contributed by atoms with E-state index in [2.05, 4.69) is 32.0 Å². The molecule has 3 heterocycles. The Morgan fingerprint density at radius 3 is 2.67 bits per heavy atom. The van der Waals surface area contributed by atoms with Crippen LogP contribution in [0.2, 0.25) is 0 Å². The van der Waals surface area contributed by atoms with Gasteiger partial charge >= 0.3 is 0 Å². The number of hydrogen-bond donors (Lipinski definition) is 1. The summed E-state index contributed by atoms with van der Waals surface area (Å²) in [6.07, 6.45) is 5.85. The molecule has 4 rings (SSSR count). The predicted octanol–water partition coefficient (Wildman–Crippen LogP) is 1.85. The topological polar surface area (TPSA) is 65.1 Å². The van der Waals surface area contributed by atoms with Crippen LogP contribution in [0.4, 0.5) is 5.95 Å². The third-order valence-electron chi connectivity index (χ3n) is 4.44. The lowest BCUT2D eigenvalue weighted by Crippen LogP contribution is -2.49. The van der Waals surface area contributed by atoms with Crippen molar-refractivity contribution in [3.63, 3.8) is 0 Å². The molecule has 6 heteroatoms. The SMILES string of the molecule is O=C(Cc1ccc2cc[nH]c2c1)N1CCN(c2ncccn2)CC1. The quantitative estimate of drug-likeness (QED) is 0.799. The second kappa shape index (κ2) is 6.31. The van der Waals surface area contributed by atoms with Crippen LogP contribution < -0.4 is 4.90 Å². The fourth-order valence-corrected chi connectivity index (χ4v) is 3.10. The molecule has 1 saturated heterocycles. The van der Waals surface area contributed by atoms with Gasteiger partial charge < -0.3 is 14.8 Å². The molecule has 0 spiro atoms. The van der Waals surface area contributed by atoms with Crippen LogP contribution in [0.3, 0.4) is 0 Å². The molecule has 1 N–H and O–H groups in total. The van der Waals surface area contributed by atoms with Crippen molar-refractivity contribution in [1.29, 1.82) is 0 Å². The lowest BCUT2D eigenvalue weighted by molar-refractivity contribution is -0.130. The standard InChI is InChI=1S/C18H19N5O/c24-17(13-14-2-3-15-4-7-19-16(15)12-14)22-8-10-23(11-9-22)18-20-5-1-6-21-18/h1-7,12,19H,8-11,13H2. The number of rotatable bonds is 3. The third kappa shape index (κ3) is 2.95. The zero-order chi connectivity index (χ0) is 16.4. The second-order valence-electron chi connectivity index (χ2n) is 5.99. The fourth-order valence-electron chi connectivity index (χ4n) is 3.10. The number of H-pyrrole nitrogens is 1. The molecule has 0 aliphatic carbocycles. The normalized spacial score (nSPS) is 15.0. The Balaban J connectivity index is 1.37. The number of carbonyl (C=O) groups is 1. The summed E-state index contributed by atoms with van der Waals surface area (Å²) in [6, 6.07) is 9.98. The van der Waals surface area contributed by atoms with E-state index in [1.807, 2.05) is 29.3 Å². The second-order valence-corrected chi connectivity index (χ2v) is 5.99. The van der Waals surface area contributed by atoms with Gasteiger partial charge in [-0.3, -0.25) is 4.79 Å². The number of fused-ring (bicyclic) bond motifs is 1. The number of nitrogens with zero attached hydrogens (tertiary/aromatic N) is 4. The van der Waals surface area contributed by atoms with Crippen molar-refractivity contribution >= 4 is 22.8 Å². The van der Waals surface area contributed by atoms with Crippen LogP contribution in [0.5, 0.6) is 0 Å². The molecule has 0 atom stereocenters. The Morgan fingerprint density at radius 2 is 1.88 bits per heavy atom. The van der Waals surface area contributed by atoms with Gasteiger partial charge in [0.25, 0.3) is 0 Å². The number of aromatic amines is 1. The van der Waals surface area contributed by atoms with Crippen molar-refractivity contribution in [3.05, 3.63) is 54.5 Å². The summed E-state index contributed by atoms with van der Waals surface area (Å²) < 4.78 is 0. The minimum Gasteiger partial charge on any atom is -0.361 e. The maximum Gasteiger partial charge on any atom is 0.227 e. The average Bonchev–Trinajstić information content (AvgIpc) is 3.10. The summed E-state index contributed by atoms with van der Waals surface area (Å²) in [5, 5.41) is 1.17. The molecule has 0 bridgehead atoms. The highest BCUT2D eigenvalue weighted by Crippen LogP contribution is 2.16. The number of anilines is 1. The van der Waals surface area contributed by atoms with E-state index in [1.165, 1.54) is 5.39 Å². The van der Waals surface area contributed by atoms with Gasteiger partial charge in [0.15, 0.2) is 0 Å². The maximum atomic E-state index is 12.6. The lowest BCUT2D eigenvalue weighted by Gasteiger charge is -2.34. The number of hydrogen-bond acceptors (Lipinski definition) is 4. The van der Waals surface area contributed by atoms with Gasteiger partial charge in [-0.1, -0.05) is 12.1 Å². The van der Waals surface area contributed by atoms with Crippen LogP contribution in [-0.2, 0) is 11.2 Å². The van der Waals surface area contributed by atoms with Crippen molar-refractivity contribution in [2.45, 2.75) is 6.42 Å². The van der Waals surface area contributed by atoms with Gasteiger partial charge in [0.05, 0.1) is 6.42 Å². The van der Waals surface area contributed by atoms with Crippen LogP contribution in [0.1, 0.15) is 5.56 Å². The summed E-state index contributed by atoms with van der Waals surface area (Å²) in [7, 11) is 0.